The predicted octanol–water partition coefficient (Wildman–Crippen LogP) is 6.32. The van der Waals surface area contributed by atoms with Crippen molar-refractivity contribution >= 4 is 40.1 Å². The van der Waals surface area contributed by atoms with Crippen LogP contribution in [0, 0.1) is 11.6 Å². The molecule has 0 spiro atoms. The van der Waals surface area contributed by atoms with Gasteiger partial charge in [-0.3, -0.25) is 18.7 Å². The molecule has 6 aromatic rings. The summed E-state index contributed by atoms with van der Waals surface area (Å²) in [6.45, 7) is 2.87. The van der Waals surface area contributed by atoms with Gasteiger partial charge in [0.1, 0.15) is 23.3 Å². The average Bonchev–Trinajstić information content (AvgIpc) is 3.11. The number of halogens is 2. The van der Waals surface area contributed by atoms with E-state index in [0.29, 0.717) is 28.0 Å². The van der Waals surface area contributed by atoms with Gasteiger partial charge in [-0.2, -0.15) is 9.32 Å². The Bertz CT molecular complexity index is 2220. The van der Waals surface area contributed by atoms with Crippen LogP contribution in [0.2, 0.25) is 0 Å². The largest absolute Gasteiger partial charge is 0.448 e. The zero-order valence-electron chi connectivity index (χ0n) is 26.8. The zero-order chi connectivity index (χ0) is 34.9. The number of fused-ring (bicyclic) bond motifs is 2. The SMILES string of the molecule is CCCCNc1ncc2cc(Oc3ccccc3F)c(=O)n(C)c2n1.COOSc1ncc2cc(Oc3ccccc3F)c(=O)n(C)c2n1. The second kappa shape index (κ2) is 16.1. The molecule has 0 aliphatic rings. The first kappa shape index (κ1) is 34.9. The first-order chi connectivity index (χ1) is 23.7. The lowest BCUT2D eigenvalue weighted by atomic mass is 10.3. The number of ether oxygens (including phenoxy) is 2. The van der Waals surface area contributed by atoms with Crippen molar-refractivity contribution in [3.63, 3.8) is 0 Å². The number of nitrogens with zero attached hydrogens (tertiary/aromatic N) is 6. The van der Waals surface area contributed by atoms with Crippen LogP contribution in [-0.4, -0.2) is 42.7 Å². The third-order valence-corrected chi connectivity index (χ3v) is 7.46. The topological polar surface area (TPSA) is 145 Å². The Morgan fingerprint density at radius 3 is 1.84 bits per heavy atom. The number of nitrogens with one attached hydrogen (secondary N) is 1. The molecule has 0 saturated carbocycles. The molecule has 0 atom stereocenters. The number of para-hydroxylation sites is 2. The molecule has 0 amide bonds. The molecule has 254 valence electrons. The summed E-state index contributed by atoms with van der Waals surface area (Å²) in [5, 5.41) is 4.60. The number of anilines is 1. The number of hydrogen-bond donors (Lipinski definition) is 1. The Morgan fingerprint density at radius 2 is 1.31 bits per heavy atom. The summed E-state index contributed by atoms with van der Waals surface area (Å²) in [4.78, 5) is 46.3. The van der Waals surface area contributed by atoms with Crippen molar-refractivity contribution in [1.29, 1.82) is 0 Å². The maximum atomic E-state index is 13.8. The van der Waals surface area contributed by atoms with Gasteiger partial charge in [0, 0.05) is 43.8 Å². The van der Waals surface area contributed by atoms with Crippen LogP contribution in [0.1, 0.15) is 19.8 Å². The minimum atomic E-state index is -0.556. The first-order valence-corrected chi connectivity index (χ1v) is 15.6. The van der Waals surface area contributed by atoms with Gasteiger partial charge in [-0.1, -0.05) is 37.6 Å². The van der Waals surface area contributed by atoms with E-state index in [1.807, 2.05) is 0 Å². The molecule has 0 saturated heterocycles. The predicted molar refractivity (Wildman–Crippen MR) is 180 cm³/mol. The van der Waals surface area contributed by atoms with Crippen molar-refractivity contribution in [2.45, 2.75) is 24.9 Å². The second-order valence-corrected chi connectivity index (χ2v) is 11.0. The third-order valence-electron chi connectivity index (χ3n) is 6.91. The van der Waals surface area contributed by atoms with Crippen molar-refractivity contribution < 1.29 is 27.5 Å². The molecule has 6 rings (SSSR count). The normalized spacial score (nSPS) is 10.9. The van der Waals surface area contributed by atoms with E-state index in [1.54, 1.807) is 31.4 Å². The van der Waals surface area contributed by atoms with Gasteiger partial charge in [0.15, 0.2) is 34.6 Å². The number of aryl methyl sites for hydroxylation is 2. The molecule has 4 heterocycles. The fraction of sp³-hybridized carbons (Fsp3) is 0.212. The lowest BCUT2D eigenvalue weighted by Gasteiger charge is -2.11. The van der Waals surface area contributed by atoms with Crippen molar-refractivity contribution in [2.75, 3.05) is 19.0 Å². The molecule has 1 N–H and O–H groups in total. The molecule has 0 unspecified atom stereocenters. The van der Waals surface area contributed by atoms with Gasteiger partial charge in [0.25, 0.3) is 11.1 Å². The third kappa shape index (κ3) is 8.35. The molecular formula is C33H31F2N7O6S. The monoisotopic (exact) mass is 691 g/mol. The number of rotatable bonds is 11. The number of pyridine rings is 2. The molecule has 4 aromatic heterocycles. The summed E-state index contributed by atoms with van der Waals surface area (Å²) >= 11 is 0.818. The molecule has 0 fully saturated rings. The highest BCUT2D eigenvalue weighted by molar-refractivity contribution is 7.94. The smallest absolute Gasteiger partial charge is 0.294 e. The lowest BCUT2D eigenvalue weighted by molar-refractivity contribution is -0.160. The van der Waals surface area contributed by atoms with Crippen molar-refractivity contribution in [2.24, 2.45) is 14.1 Å². The van der Waals surface area contributed by atoms with Gasteiger partial charge in [-0.05, 0) is 42.8 Å². The van der Waals surface area contributed by atoms with Gasteiger partial charge in [-0.15, -0.1) is 0 Å². The van der Waals surface area contributed by atoms with E-state index in [-0.39, 0.29) is 28.2 Å². The summed E-state index contributed by atoms with van der Waals surface area (Å²) < 4.78 is 45.7. The Balaban J connectivity index is 0.000000191. The van der Waals surface area contributed by atoms with Crippen LogP contribution < -0.4 is 25.9 Å². The van der Waals surface area contributed by atoms with Gasteiger partial charge in [0.05, 0.1) is 7.11 Å². The van der Waals surface area contributed by atoms with Crippen LogP contribution in [0.5, 0.6) is 23.0 Å². The van der Waals surface area contributed by atoms with Gasteiger partial charge in [-0.25, -0.2) is 28.6 Å². The van der Waals surface area contributed by atoms with Crippen molar-refractivity contribution in [1.82, 2.24) is 29.1 Å². The van der Waals surface area contributed by atoms with Crippen molar-refractivity contribution in [3.05, 3.63) is 105 Å². The molecular weight excluding hydrogens is 660 g/mol. The Kier molecular flexibility index (Phi) is 11.5. The maximum absolute atomic E-state index is 13.8. The maximum Gasteiger partial charge on any atom is 0.294 e. The van der Waals surface area contributed by atoms with Crippen molar-refractivity contribution in [3.8, 4) is 23.0 Å². The molecule has 13 nitrogen and oxygen atoms in total. The van der Waals surface area contributed by atoms with Gasteiger partial charge < -0.3 is 14.8 Å². The molecule has 16 heteroatoms. The summed E-state index contributed by atoms with van der Waals surface area (Å²) in [5.74, 6) is -0.648. The van der Waals surface area contributed by atoms with Crippen LogP contribution in [-0.2, 0) is 23.3 Å². The number of benzene rings is 2. The van der Waals surface area contributed by atoms with E-state index in [9.17, 15) is 18.4 Å². The summed E-state index contributed by atoms with van der Waals surface area (Å²) in [7, 11) is 4.50. The number of unbranched alkanes of at least 4 members (excludes halogenated alkanes) is 1. The fourth-order valence-electron chi connectivity index (χ4n) is 4.42. The molecule has 0 radical (unpaired) electrons. The highest BCUT2D eigenvalue weighted by Crippen LogP contribution is 2.26. The van der Waals surface area contributed by atoms with E-state index in [2.05, 4.69) is 37.1 Å². The summed E-state index contributed by atoms with van der Waals surface area (Å²) in [5.41, 5.74) is 0.0278. The van der Waals surface area contributed by atoms with E-state index in [1.165, 1.54) is 72.0 Å². The standard InChI is InChI=1S/C18H19FN4O2.C15H12FN3O4S/c1-3-4-9-20-18-21-11-12-10-15(17(24)23(2)16(12)22-18)25-14-8-6-5-7-13(14)19;1-19-13-9(8-17-15(18-13)24-23-21-2)7-12(14(19)20)22-11-6-4-3-5-10(11)16/h5-8,10-11H,3-4,9H2,1-2H3,(H,20,21,22);3-8H,1-2H3. The highest BCUT2D eigenvalue weighted by atomic mass is 32.2. The minimum absolute atomic E-state index is 0.00211. The zero-order valence-corrected chi connectivity index (χ0v) is 27.7. The van der Waals surface area contributed by atoms with E-state index < -0.39 is 22.8 Å². The van der Waals surface area contributed by atoms with Crippen LogP contribution in [0.4, 0.5) is 14.7 Å². The molecule has 0 aliphatic carbocycles. The summed E-state index contributed by atoms with van der Waals surface area (Å²) in [6, 6.07) is 14.8. The van der Waals surface area contributed by atoms with Crippen LogP contribution >= 0.6 is 12.0 Å². The first-order valence-electron chi connectivity index (χ1n) is 14.9. The Labute approximate surface area is 282 Å². The average molecular weight is 692 g/mol. The van der Waals surface area contributed by atoms with E-state index in [4.69, 9.17) is 13.8 Å². The lowest BCUT2D eigenvalue weighted by Crippen LogP contribution is -2.20. The molecule has 0 bridgehead atoms. The minimum Gasteiger partial charge on any atom is -0.448 e. The fourth-order valence-corrected chi connectivity index (χ4v) is 4.77. The van der Waals surface area contributed by atoms with Crippen LogP contribution in [0.25, 0.3) is 22.1 Å². The highest BCUT2D eigenvalue weighted by Gasteiger charge is 2.15. The quantitative estimate of drug-likeness (QED) is 0.0534. The Morgan fingerprint density at radius 1 is 0.776 bits per heavy atom. The second-order valence-electron chi connectivity index (χ2n) is 10.3. The Hall–Kier alpha value is -5.45. The molecule has 2 aromatic carbocycles. The van der Waals surface area contributed by atoms with E-state index in [0.717, 1.165) is 31.4 Å². The molecule has 49 heavy (non-hydrogen) atoms. The van der Waals surface area contributed by atoms with Gasteiger partial charge in [0.2, 0.25) is 11.1 Å². The van der Waals surface area contributed by atoms with Crippen LogP contribution in [0.15, 0.2) is 87.8 Å². The van der Waals surface area contributed by atoms with Crippen LogP contribution in [0.3, 0.4) is 0 Å². The summed E-state index contributed by atoms with van der Waals surface area (Å²) in [6.07, 6.45) is 5.20. The molecule has 0 aliphatic heterocycles. The number of hydrogen-bond acceptors (Lipinski definition) is 12. The van der Waals surface area contributed by atoms with Gasteiger partial charge >= 0.3 is 0 Å². The van der Waals surface area contributed by atoms with E-state index >= 15 is 0 Å². The number of aromatic nitrogens is 6.